The van der Waals surface area contributed by atoms with Crippen molar-refractivity contribution < 1.29 is 9.47 Å². The Morgan fingerprint density at radius 3 is 2.43 bits per heavy atom. The Morgan fingerprint density at radius 2 is 1.90 bits per heavy atom. The SMILES string of the molecule is CCNC(c1ccc(OC)cc1OC)c1sc(C)cc1C. The lowest BCUT2D eigenvalue weighted by molar-refractivity contribution is 0.388. The molecule has 1 atom stereocenters. The maximum absolute atomic E-state index is 5.57. The summed E-state index contributed by atoms with van der Waals surface area (Å²) in [7, 11) is 3.37. The van der Waals surface area contributed by atoms with Gasteiger partial charge in [-0.1, -0.05) is 6.92 Å². The molecule has 114 valence electrons. The van der Waals surface area contributed by atoms with E-state index in [0.29, 0.717) is 0 Å². The summed E-state index contributed by atoms with van der Waals surface area (Å²) in [4.78, 5) is 2.68. The molecule has 1 N–H and O–H groups in total. The lowest BCUT2D eigenvalue weighted by Crippen LogP contribution is -2.22. The van der Waals surface area contributed by atoms with E-state index < -0.39 is 0 Å². The standard InChI is InChI=1S/C17H23NO2S/c1-6-18-16(17-11(2)9-12(3)21-17)14-8-7-13(19-4)10-15(14)20-5/h7-10,16,18H,6H2,1-5H3. The Balaban J connectivity index is 2.50. The van der Waals surface area contributed by atoms with E-state index in [0.717, 1.165) is 23.6 Å². The van der Waals surface area contributed by atoms with Gasteiger partial charge in [0.2, 0.25) is 0 Å². The molecule has 1 unspecified atom stereocenters. The van der Waals surface area contributed by atoms with Crippen molar-refractivity contribution in [1.82, 2.24) is 5.32 Å². The molecule has 4 heteroatoms. The third kappa shape index (κ3) is 3.39. The van der Waals surface area contributed by atoms with Crippen LogP contribution in [0.15, 0.2) is 24.3 Å². The Bertz CT molecular complexity index is 607. The first-order chi connectivity index (χ1) is 10.1. The van der Waals surface area contributed by atoms with Crippen LogP contribution in [-0.4, -0.2) is 20.8 Å². The smallest absolute Gasteiger partial charge is 0.127 e. The Labute approximate surface area is 130 Å². The van der Waals surface area contributed by atoms with Crippen molar-refractivity contribution >= 4 is 11.3 Å². The molecule has 0 spiro atoms. The van der Waals surface area contributed by atoms with Gasteiger partial charge >= 0.3 is 0 Å². The highest BCUT2D eigenvalue weighted by molar-refractivity contribution is 7.12. The molecule has 2 aromatic rings. The average Bonchev–Trinajstić information content (AvgIpc) is 2.82. The van der Waals surface area contributed by atoms with Crippen molar-refractivity contribution in [2.24, 2.45) is 0 Å². The predicted octanol–water partition coefficient (Wildman–Crippen LogP) is 4.08. The molecule has 0 fully saturated rings. The van der Waals surface area contributed by atoms with Crippen LogP contribution in [0.4, 0.5) is 0 Å². The van der Waals surface area contributed by atoms with Crippen molar-refractivity contribution in [3.63, 3.8) is 0 Å². The van der Waals surface area contributed by atoms with Crippen molar-refractivity contribution in [2.75, 3.05) is 20.8 Å². The monoisotopic (exact) mass is 305 g/mol. The molecule has 21 heavy (non-hydrogen) atoms. The quantitative estimate of drug-likeness (QED) is 0.872. The maximum Gasteiger partial charge on any atom is 0.127 e. The fraction of sp³-hybridized carbons (Fsp3) is 0.412. The molecule has 0 amide bonds. The zero-order chi connectivity index (χ0) is 15.4. The summed E-state index contributed by atoms with van der Waals surface area (Å²) >= 11 is 1.84. The van der Waals surface area contributed by atoms with E-state index in [1.807, 2.05) is 23.5 Å². The zero-order valence-electron chi connectivity index (χ0n) is 13.3. The Kier molecular flexibility index (Phi) is 5.26. The Hall–Kier alpha value is -1.52. The minimum Gasteiger partial charge on any atom is -0.497 e. The summed E-state index contributed by atoms with van der Waals surface area (Å²) in [6.45, 7) is 7.34. The number of hydrogen-bond donors (Lipinski definition) is 1. The summed E-state index contributed by atoms with van der Waals surface area (Å²) in [5.74, 6) is 1.66. The van der Waals surface area contributed by atoms with Crippen LogP contribution in [-0.2, 0) is 0 Å². The van der Waals surface area contributed by atoms with Gasteiger partial charge in [0.25, 0.3) is 0 Å². The molecular formula is C17H23NO2S. The molecule has 1 heterocycles. The zero-order valence-corrected chi connectivity index (χ0v) is 14.1. The van der Waals surface area contributed by atoms with Crippen LogP contribution < -0.4 is 14.8 Å². The highest BCUT2D eigenvalue weighted by Crippen LogP contribution is 2.37. The first kappa shape index (κ1) is 15.9. The van der Waals surface area contributed by atoms with Gasteiger partial charge in [-0.15, -0.1) is 11.3 Å². The normalized spacial score (nSPS) is 12.2. The van der Waals surface area contributed by atoms with E-state index in [2.05, 4.69) is 38.2 Å². The van der Waals surface area contributed by atoms with Gasteiger partial charge in [0.05, 0.1) is 20.3 Å². The second-order valence-corrected chi connectivity index (χ2v) is 6.29. The number of nitrogens with one attached hydrogen (secondary N) is 1. The first-order valence-electron chi connectivity index (χ1n) is 7.13. The van der Waals surface area contributed by atoms with Crippen molar-refractivity contribution in [3.05, 3.63) is 45.1 Å². The summed E-state index contributed by atoms with van der Waals surface area (Å²) in [6, 6.07) is 8.39. The van der Waals surface area contributed by atoms with E-state index in [9.17, 15) is 0 Å². The second-order valence-electron chi connectivity index (χ2n) is 5.00. The number of ether oxygens (including phenoxy) is 2. The topological polar surface area (TPSA) is 30.5 Å². The van der Waals surface area contributed by atoms with Gasteiger partial charge in [-0.25, -0.2) is 0 Å². The highest BCUT2D eigenvalue weighted by Gasteiger charge is 2.21. The van der Waals surface area contributed by atoms with Crippen LogP contribution in [0, 0.1) is 13.8 Å². The Morgan fingerprint density at radius 1 is 1.14 bits per heavy atom. The van der Waals surface area contributed by atoms with Crippen LogP contribution in [0.3, 0.4) is 0 Å². The van der Waals surface area contributed by atoms with Gasteiger partial charge in [0.1, 0.15) is 11.5 Å². The van der Waals surface area contributed by atoms with Gasteiger partial charge in [0, 0.05) is 21.4 Å². The van der Waals surface area contributed by atoms with Crippen LogP contribution in [0.2, 0.25) is 0 Å². The van der Waals surface area contributed by atoms with Crippen molar-refractivity contribution in [2.45, 2.75) is 26.8 Å². The van der Waals surface area contributed by atoms with E-state index in [4.69, 9.17) is 9.47 Å². The third-order valence-electron chi connectivity index (χ3n) is 3.50. The molecule has 0 aliphatic rings. The molecule has 3 nitrogen and oxygen atoms in total. The molecule has 1 aromatic carbocycles. The molecule has 1 aromatic heterocycles. The fourth-order valence-electron chi connectivity index (χ4n) is 2.55. The van der Waals surface area contributed by atoms with Gasteiger partial charge in [-0.2, -0.15) is 0 Å². The predicted molar refractivity (Wildman–Crippen MR) is 88.9 cm³/mol. The maximum atomic E-state index is 5.57. The molecule has 0 aliphatic heterocycles. The van der Waals surface area contributed by atoms with Crippen LogP contribution in [0.25, 0.3) is 0 Å². The lowest BCUT2D eigenvalue weighted by atomic mass is 10.0. The largest absolute Gasteiger partial charge is 0.497 e. The van der Waals surface area contributed by atoms with Crippen LogP contribution in [0.5, 0.6) is 11.5 Å². The van der Waals surface area contributed by atoms with E-state index in [1.54, 1.807) is 14.2 Å². The van der Waals surface area contributed by atoms with E-state index in [-0.39, 0.29) is 6.04 Å². The number of benzene rings is 1. The summed E-state index contributed by atoms with van der Waals surface area (Å²) in [6.07, 6.45) is 0. The number of hydrogen-bond acceptors (Lipinski definition) is 4. The number of aryl methyl sites for hydroxylation is 2. The van der Waals surface area contributed by atoms with Gasteiger partial charge < -0.3 is 14.8 Å². The van der Waals surface area contributed by atoms with Crippen LogP contribution in [0.1, 0.15) is 33.8 Å². The molecule has 0 aliphatic carbocycles. The minimum absolute atomic E-state index is 0.148. The molecule has 0 radical (unpaired) electrons. The third-order valence-corrected chi connectivity index (χ3v) is 4.72. The van der Waals surface area contributed by atoms with Gasteiger partial charge in [0.15, 0.2) is 0 Å². The van der Waals surface area contributed by atoms with Crippen LogP contribution >= 0.6 is 11.3 Å². The molecular weight excluding hydrogens is 282 g/mol. The van der Waals surface area contributed by atoms with Gasteiger partial charge in [-0.05, 0) is 44.2 Å². The second kappa shape index (κ2) is 6.96. The fourth-order valence-corrected chi connectivity index (χ4v) is 3.68. The molecule has 0 saturated carbocycles. The number of methoxy groups -OCH3 is 2. The highest BCUT2D eigenvalue weighted by atomic mass is 32.1. The molecule has 2 rings (SSSR count). The first-order valence-corrected chi connectivity index (χ1v) is 7.94. The van der Waals surface area contributed by atoms with Crippen molar-refractivity contribution in [3.8, 4) is 11.5 Å². The van der Waals surface area contributed by atoms with E-state index >= 15 is 0 Å². The summed E-state index contributed by atoms with van der Waals surface area (Å²) in [5.41, 5.74) is 2.46. The lowest BCUT2D eigenvalue weighted by Gasteiger charge is -2.21. The molecule has 0 bridgehead atoms. The number of thiophene rings is 1. The molecule has 0 saturated heterocycles. The number of rotatable bonds is 6. The van der Waals surface area contributed by atoms with E-state index in [1.165, 1.54) is 15.3 Å². The average molecular weight is 305 g/mol. The van der Waals surface area contributed by atoms with Gasteiger partial charge in [-0.3, -0.25) is 0 Å². The summed E-state index contributed by atoms with van der Waals surface area (Å²) < 4.78 is 10.9. The van der Waals surface area contributed by atoms with Crippen molar-refractivity contribution in [1.29, 1.82) is 0 Å². The summed E-state index contributed by atoms with van der Waals surface area (Å²) in [5, 5.41) is 3.57. The minimum atomic E-state index is 0.148.